The normalized spacial score (nSPS) is 9.80. The van der Waals surface area contributed by atoms with Crippen LogP contribution in [-0.2, 0) is 5.33 Å². The van der Waals surface area contributed by atoms with Crippen molar-refractivity contribution in [2.75, 3.05) is 0 Å². The fourth-order valence-corrected chi connectivity index (χ4v) is 1.19. The SMILES string of the molecule is CC(=O)c1occc1CBr. The van der Waals surface area contributed by atoms with Crippen molar-refractivity contribution in [2.24, 2.45) is 0 Å². The molecule has 1 rings (SSSR count). The van der Waals surface area contributed by atoms with E-state index >= 15 is 0 Å². The van der Waals surface area contributed by atoms with E-state index in [2.05, 4.69) is 15.9 Å². The van der Waals surface area contributed by atoms with Gasteiger partial charge >= 0.3 is 0 Å². The molecule has 2 nitrogen and oxygen atoms in total. The zero-order valence-electron chi connectivity index (χ0n) is 5.56. The number of halogens is 1. The summed E-state index contributed by atoms with van der Waals surface area (Å²) in [6.07, 6.45) is 1.52. The van der Waals surface area contributed by atoms with Gasteiger partial charge in [0.1, 0.15) is 0 Å². The highest BCUT2D eigenvalue weighted by Gasteiger charge is 2.08. The highest BCUT2D eigenvalue weighted by Crippen LogP contribution is 2.13. The number of furan rings is 1. The summed E-state index contributed by atoms with van der Waals surface area (Å²) >= 11 is 3.24. The van der Waals surface area contributed by atoms with E-state index in [-0.39, 0.29) is 5.78 Å². The second-order valence-corrected chi connectivity index (χ2v) is 2.53. The van der Waals surface area contributed by atoms with Crippen LogP contribution in [0.15, 0.2) is 16.7 Å². The van der Waals surface area contributed by atoms with Crippen LogP contribution in [0.3, 0.4) is 0 Å². The van der Waals surface area contributed by atoms with Crippen LogP contribution >= 0.6 is 15.9 Å². The van der Waals surface area contributed by atoms with Crippen molar-refractivity contribution >= 4 is 21.7 Å². The molecule has 1 aromatic rings. The number of carbonyl (C=O) groups is 1. The molecular weight excluding hydrogens is 196 g/mol. The highest BCUT2D eigenvalue weighted by molar-refractivity contribution is 9.08. The molecule has 0 aliphatic rings. The van der Waals surface area contributed by atoms with Crippen molar-refractivity contribution in [3.8, 4) is 0 Å². The molecule has 0 aromatic carbocycles. The second-order valence-electron chi connectivity index (χ2n) is 1.96. The molecule has 1 aromatic heterocycles. The average Bonchev–Trinajstić information content (AvgIpc) is 2.33. The highest BCUT2D eigenvalue weighted by atomic mass is 79.9. The Morgan fingerprint density at radius 2 is 2.50 bits per heavy atom. The Balaban J connectivity index is 3.01. The number of carbonyl (C=O) groups excluding carboxylic acids is 1. The van der Waals surface area contributed by atoms with Crippen LogP contribution in [0.2, 0.25) is 0 Å². The van der Waals surface area contributed by atoms with Gasteiger partial charge in [0.05, 0.1) is 6.26 Å². The predicted octanol–water partition coefficient (Wildman–Crippen LogP) is 2.38. The first kappa shape index (κ1) is 7.54. The minimum absolute atomic E-state index is 0.0283. The van der Waals surface area contributed by atoms with E-state index in [1.807, 2.05) is 0 Å². The number of rotatable bonds is 2. The van der Waals surface area contributed by atoms with Gasteiger partial charge in [-0.3, -0.25) is 4.79 Å². The molecule has 0 amide bonds. The number of hydrogen-bond acceptors (Lipinski definition) is 2. The molecular formula is C7H7BrO2. The first-order valence-corrected chi connectivity index (χ1v) is 4.01. The first-order chi connectivity index (χ1) is 4.75. The van der Waals surface area contributed by atoms with Crippen LogP contribution in [0.1, 0.15) is 23.0 Å². The maximum Gasteiger partial charge on any atom is 0.195 e. The lowest BCUT2D eigenvalue weighted by Crippen LogP contribution is -1.92. The summed E-state index contributed by atoms with van der Waals surface area (Å²) < 4.78 is 4.94. The van der Waals surface area contributed by atoms with Crippen LogP contribution < -0.4 is 0 Å². The quantitative estimate of drug-likeness (QED) is 0.545. The van der Waals surface area contributed by atoms with E-state index in [0.29, 0.717) is 11.1 Å². The van der Waals surface area contributed by atoms with Crippen LogP contribution in [0.4, 0.5) is 0 Å². The van der Waals surface area contributed by atoms with Gasteiger partial charge in [0.2, 0.25) is 0 Å². The van der Waals surface area contributed by atoms with Crippen molar-refractivity contribution < 1.29 is 9.21 Å². The molecule has 0 N–H and O–H groups in total. The third-order valence-corrected chi connectivity index (χ3v) is 1.81. The first-order valence-electron chi connectivity index (χ1n) is 2.89. The van der Waals surface area contributed by atoms with Crippen molar-refractivity contribution in [1.29, 1.82) is 0 Å². The summed E-state index contributed by atoms with van der Waals surface area (Å²) in [5.74, 6) is 0.427. The Morgan fingerprint density at radius 1 is 1.80 bits per heavy atom. The van der Waals surface area contributed by atoms with E-state index in [0.717, 1.165) is 5.56 Å². The molecule has 10 heavy (non-hydrogen) atoms. The molecule has 0 aliphatic carbocycles. The Hall–Kier alpha value is -0.570. The van der Waals surface area contributed by atoms with Crippen molar-refractivity contribution in [2.45, 2.75) is 12.3 Å². The van der Waals surface area contributed by atoms with Crippen LogP contribution in [0, 0.1) is 0 Å². The van der Waals surface area contributed by atoms with Crippen molar-refractivity contribution in [1.82, 2.24) is 0 Å². The van der Waals surface area contributed by atoms with Gasteiger partial charge in [-0.05, 0) is 6.07 Å². The van der Waals surface area contributed by atoms with Crippen molar-refractivity contribution in [3.63, 3.8) is 0 Å². The monoisotopic (exact) mass is 202 g/mol. The maximum absolute atomic E-state index is 10.8. The molecule has 0 saturated carbocycles. The molecule has 0 aliphatic heterocycles. The number of hydrogen-bond donors (Lipinski definition) is 0. The van der Waals surface area contributed by atoms with Crippen LogP contribution in [0.25, 0.3) is 0 Å². The van der Waals surface area contributed by atoms with Gasteiger partial charge in [-0.1, -0.05) is 15.9 Å². The van der Waals surface area contributed by atoms with Gasteiger partial charge in [0, 0.05) is 17.8 Å². The van der Waals surface area contributed by atoms with Crippen molar-refractivity contribution in [3.05, 3.63) is 23.7 Å². The minimum Gasteiger partial charge on any atom is -0.461 e. The Morgan fingerprint density at radius 3 is 2.90 bits per heavy atom. The molecule has 3 heteroatoms. The third kappa shape index (κ3) is 1.29. The van der Waals surface area contributed by atoms with Gasteiger partial charge < -0.3 is 4.42 Å². The Labute approximate surface area is 67.3 Å². The largest absolute Gasteiger partial charge is 0.461 e. The zero-order chi connectivity index (χ0) is 7.56. The zero-order valence-corrected chi connectivity index (χ0v) is 7.14. The van der Waals surface area contributed by atoms with E-state index < -0.39 is 0 Å². The fraction of sp³-hybridized carbons (Fsp3) is 0.286. The molecule has 0 radical (unpaired) electrons. The molecule has 0 saturated heterocycles. The van der Waals surface area contributed by atoms with Gasteiger partial charge in [-0.2, -0.15) is 0 Å². The van der Waals surface area contributed by atoms with E-state index in [9.17, 15) is 4.79 Å². The minimum atomic E-state index is -0.0283. The lowest BCUT2D eigenvalue weighted by atomic mass is 10.2. The fourth-order valence-electron chi connectivity index (χ4n) is 0.750. The second kappa shape index (κ2) is 3.01. The number of ketones is 1. The van der Waals surface area contributed by atoms with Gasteiger partial charge in [-0.25, -0.2) is 0 Å². The standard InChI is InChI=1S/C7H7BrO2/c1-5(9)7-6(4-8)2-3-10-7/h2-3H,4H2,1H3. The summed E-state index contributed by atoms with van der Waals surface area (Å²) in [5.41, 5.74) is 0.910. The molecule has 54 valence electrons. The summed E-state index contributed by atoms with van der Waals surface area (Å²) in [7, 11) is 0. The lowest BCUT2D eigenvalue weighted by molar-refractivity contribution is 0.0986. The maximum atomic E-state index is 10.8. The van der Waals surface area contributed by atoms with E-state index in [1.54, 1.807) is 6.07 Å². The lowest BCUT2D eigenvalue weighted by Gasteiger charge is -1.90. The number of alkyl halides is 1. The third-order valence-electron chi connectivity index (χ3n) is 1.21. The molecule has 0 atom stereocenters. The van der Waals surface area contributed by atoms with Gasteiger partial charge in [0.15, 0.2) is 11.5 Å². The summed E-state index contributed by atoms with van der Waals surface area (Å²) in [6, 6.07) is 1.78. The summed E-state index contributed by atoms with van der Waals surface area (Å²) in [6.45, 7) is 1.49. The smallest absolute Gasteiger partial charge is 0.195 e. The van der Waals surface area contributed by atoms with Gasteiger partial charge in [-0.15, -0.1) is 0 Å². The molecule has 0 bridgehead atoms. The van der Waals surface area contributed by atoms with E-state index in [4.69, 9.17) is 4.42 Å². The summed E-state index contributed by atoms with van der Waals surface area (Å²) in [5, 5.41) is 0.665. The topological polar surface area (TPSA) is 30.2 Å². The number of Topliss-reactive ketones (excluding diaryl/α,β-unsaturated/α-hetero) is 1. The molecule has 1 heterocycles. The predicted molar refractivity (Wildman–Crippen MR) is 41.3 cm³/mol. The van der Waals surface area contributed by atoms with E-state index in [1.165, 1.54) is 13.2 Å². The van der Waals surface area contributed by atoms with Gasteiger partial charge in [0.25, 0.3) is 0 Å². The van der Waals surface area contributed by atoms with Crippen LogP contribution in [-0.4, -0.2) is 5.78 Å². The summed E-state index contributed by atoms with van der Waals surface area (Å²) in [4.78, 5) is 10.8. The average molecular weight is 203 g/mol. The Bertz CT molecular complexity index is 240. The van der Waals surface area contributed by atoms with Crippen LogP contribution in [0.5, 0.6) is 0 Å². The Kier molecular flexibility index (Phi) is 2.27. The molecule has 0 unspecified atom stereocenters. The molecule has 0 fully saturated rings. The molecule has 0 spiro atoms.